The van der Waals surface area contributed by atoms with Crippen molar-refractivity contribution in [3.63, 3.8) is 0 Å². The fraction of sp³-hybridized carbons (Fsp3) is 0.467. The maximum atomic E-state index is 12.8. The summed E-state index contributed by atoms with van der Waals surface area (Å²) in [5, 5.41) is -0.834. The largest absolute Gasteiger partial charge is 0.416 e. The van der Waals surface area contributed by atoms with Crippen molar-refractivity contribution in [3.8, 4) is 0 Å². The van der Waals surface area contributed by atoms with Crippen molar-refractivity contribution in [2.75, 3.05) is 0 Å². The second kappa shape index (κ2) is 4.60. The standard InChI is InChI=1S/C15H15F3O2S/c1-9-6-10(2-5-14(9)15(16,17)18)11-7-12-3-4-13(8-11)21(12,19)20/h2,5-7,12-13H,3-4,8H2,1H3. The minimum Gasteiger partial charge on any atom is -0.228 e. The molecular formula is C15H15F3O2S. The summed E-state index contributed by atoms with van der Waals surface area (Å²) < 4.78 is 62.3. The van der Waals surface area contributed by atoms with Crippen LogP contribution in [0.15, 0.2) is 24.3 Å². The van der Waals surface area contributed by atoms with Crippen LogP contribution in [-0.4, -0.2) is 18.9 Å². The first-order valence-electron chi connectivity index (χ1n) is 6.81. The van der Waals surface area contributed by atoms with Crippen LogP contribution in [0.2, 0.25) is 0 Å². The number of alkyl halides is 3. The van der Waals surface area contributed by atoms with Crippen LogP contribution in [-0.2, 0) is 16.0 Å². The summed E-state index contributed by atoms with van der Waals surface area (Å²) in [6.45, 7) is 1.43. The quantitative estimate of drug-likeness (QED) is 0.791. The van der Waals surface area contributed by atoms with E-state index in [0.717, 1.165) is 11.6 Å². The van der Waals surface area contributed by atoms with Gasteiger partial charge in [-0.05, 0) is 49.0 Å². The number of halogens is 3. The van der Waals surface area contributed by atoms with Gasteiger partial charge in [-0.1, -0.05) is 18.2 Å². The number of benzene rings is 1. The molecular weight excluding hydrogens is 301 g/mol. The van der Waals surface area contributed by atoms with Crippen molar-refractivity contribution in [2.45, 2.75) is 42.9 Å². The van der Waals surface area contributed by atoms with Gasteiger partial charge in [-0.3, -0.25) is 0 Å². The Morgan fingerprint density at radius 1 is 1.19 bits per heavy atom. The van der Waals surface area contributed by atoms with Gasteiger partial charge >= 0.3 is 6.18 Å². The second-order valence-corrected chi connectivity index (χ2v) is 8.20. The van der Waals surface area contributed by atoms with Gasteiger partial charge in [-0.2, -0.15) is 13.2 Å². The summed E-state index contributed by atoms with van der Waals surface area (Å²) in [5.41, 5.74) is 1.08. The Balaban J connectivity index is 1.98. The third-order valence-electron chi connectivity index (χ3n) is 4.40. The zero-order valence-corrected chi connectivity index (χ0v) is 12.3. The molecule has 1 aromatic carbocycles. The maximum absolute atomic E-state index is 12.8. The van der Waals surface area contributed by atoms with Gasteiger partial charge in [-0.25, -0.2) is 8.42 Å². The summed E-state index contributed by atoms with van der Waals surface area (Å²) >= 11 is 0. The molecule has 0 aliphatic carbocycles. The third-order valence-corrected chi connectivity index (χ3v) is 6.94. The van der Waals surface area contributed by atoms with Gasteiger partial charge in [0.1, 0.15) is 0 Å². The molecule has 2 nitrogen and oxygen atoms in total. The van der Waals surface area contributed by atoms with E-state index in [-0.39, 0.29) is 10.8 Å². The van der Waals surface area contributed by atoms with E-state index in [2.05, 4.69) is 0 Å². The Hall–Kier alpha value is -1.30. The molecule has 2 aliphatic heterocycles. The van der Waals surface area contributed by atoms with Crippen LogP contribution in [0.4, 0.5) is 13.2 Å². The van der Waals surface area contributed by atoms with Crippen LogP contribution in [0.5, 0.6) is 0 Å². The molecule has 0 radical (unpaired) electrons. The highest BCUT2D eigenvalue weighted by atomic mass is 32.2. The zero-order valence-electron chi connectivity index (χ0n) is 11.4. The number of hydrogen-bond donors (Lipinski definition) is 0. The van der Waals surface area contributed by atoms with Gasteiger partial charge in [0.05, 0.1) is 16.1 Å². The van der Waals surface area contributed by atoms with E-state index in [1.165, 1.54) is 19.1 Å². The molecule has 2 heterocycles. The van der Waals surface area contributed by atoms with Crippen molar-refractivity contribution < 1.29 is 21.6 Å². The first-order valence-corrected chi connectivity index (χ1v) is 8.42. The van der Waals surface area contributed by atoms with Gasteiger partial charge in [-0.15, -0.1) is 0 Å². The molecule has 6 heteroatoms. The maximum Gasteiger partial charge on any atom is 0.416 e. The monoisotopic (exact) mass is 316 g/mol. The summed E-state index contributed by atoms with van der Waals surface area (Å²) in [7, 11) is -3.07. The summed E-state index contributed by atoms with van der Waals surface area (Å²) in [6, 6.07) is 4.03. The summed E-state index contributed by atoms with van der Waals surface area (Å²) in [6.07, 6.45) is -0.959. The molecule has 0 saturated carbocycles. The lowest BCUT2D eigenvalue weighted by Crippen LogP contribution is -2.26. The van der Waals surface area contributed by atoms with E-state index in [1.54, 1.807) is 6.08 Å². The molecule has 2 bridgehead atoms. The molecule has 3 rings (SSSR count). The lowest BCUT2D eigenvalue weighted by Gasteiger charge is -2.21. The molecule has 21 heavy (non-hydrogen) atoms. The Labute approximate surface area is 121 Å². The highest BCUT2D eigenvalue weighted by Gasteiger charge is 2.43. The Morgan fingerprint density at radius 2 is 1.90 bits per heavy atom. The SMILES string of the molecule is Cc1cc(C2=CC3CCC(C2)S3(=O)=O)ccc1C(F)(F)F. The predicted octanol–water partition coefficient (Wildman–Crippen LogP) is 3.75. The molecule has 1 fully saturated rings. The van der Waals surface area contributed by atoms with E-state index in [4.69, 9.17) is 0 Å². The Morgan fingerprint density at radius 3 is 2.48 bits per heavy atom. The molecule has 2 aliphatic rings. The molecule has 0 N–H and O–H groups in total. The summed E-state index contributed by atoms with van der Waals surface area (Å²) in [5.74, 6) is 0. The topological polar surface area (TPSA) is 34.1 Å². The first kappa shape index (κ1) is 14.6. The fourth-order valence-electron chi connectivity index (χ4n) is 3.26. The van der Waals surface area contributed by atoms with E-state index >= 15 is 0 Å². The number of aryl methyl sites for hydroxylation is 1. The number of fused-ring (bicyclic) bond motifs is 2. The van der Waals surface area contributed by atoms with Crippen LogP contribution in [0.1, 0.15) is 36.0 Å². The minimum absolute atomic E-state index is 0.168. The molecule has 0 aromatic heterocycles. The molecule has 2 unspecified atom stereocenters. The van der Waals surface area contributed by atoms with Crippen LogP contribution >= 0.6 is 0 Å². The van der Waals surface area contributed by atoms with Crippen molar-refractivity contribution in [1.82, 2.24) is 0 Å². The number of rotatable bonds is 1. The molecule has 1 aromatic rings. The van der Waals surface area contributed by atoms with E-state index in [9.17, 15) is 21.6 Å². The van der Waals surface area contributed by atoms with Crippen LogP contribution in [0.25, 0.3) is 5.57 Å². The van der Waals surface area contributed by atoms with Gasteiger partial charge in [0.25, 0.3) is 0 Å². The highest BCUT2D eigenvalue weighted by Crippen LogP contribution is 2.41. The molecule has 1 saturated heterocycles. The van der Waals surface area contributed by atoms with Crippen molar-refractivity contribution in [3.05, 3.63) is 41.0 Å². The number of allylic oxidation sites excluding steroid dienone is 1. The zero-order chi connectivity index (χ0) is 15.4. The minimum atomic E-state index is -4.36. The average Bonchev–Trinajstić information content (AvgIpc) is 2.56. The smallest absolute Gasteiger partial charge is 0.228 e. The predicted molar refractivity (Wildman–Crippen MR) is 74.5 cm³/mol. The van der Waals surface area contributed by atoms with Crippen LogP contribution in [0, 0.1) is 6.92 Å². The van der Waals surface area contributed by atoms with Crippen molar-refractivity contribution in [2.24, 2.45) is 0 Å². The average molecular weight is 316 g/mol. The van der Waals surface area contributed by atoms with Gasteiger partial charge in [0.2, 0.25) is 0 Å². The normalized spacial score (nSPS) is 27.5. The van der Waals surface area contributed by atoms with Gasteiger partial charge in [0, 0.05) is 0 Å². The van der Waals surface area contributed by atoms with E-state index < -0.39 is 26.8 Å². The summed E-state index contributed by atoms with van der Waals surface area (Å²) in [4.78, 5) is 0. The fourth-order valence-corrected chi connectivity index (χ4v) is 5.44. The van der Waals surface area contributed by atoms with Crippen LogP contribution < -0.4 is 0 Å². The van der Waals surface area contributed by atoms with Gasteiger partial charge in [0.15, 0.2) is 9.84 Å². The third kappa shape index (κ3) is 2.39. The van der Waals surface area contributed by atoms with Crippen molar-refractivity contribution >= 4 is 15.4 Å². The number of hydrogen-bond acceptors (Lipinski definition) is 2. The highest BCUT2D eigenvalue weighted by molar-refractivity contribution is 7.93. The van der Waals surface area contributed by atoms with Crippen LogP contribution in [0.3, 0.4) is 0 Å². The number of sulfone groups is 1. The molecule has 2 atom stereocenters. The molecule has 0 amide bonds. The Kier molecular flexibility index (Phi) is 3.20. The second-order valence-electron chi connectivity index (χ2n) is 5.75. The molecule has 0 spiro atoms. The van der Waals surface area contributed by atoms with E-state index in [1.807, 2.05) is 0 Å². The first-order chi connectivity index (χ1) is 9.69. The van der Waals surface area contributed by atoms with Crippen molar-refractivity contribution in [1.29, 1.82) is 0 Å². The lowest BCUT2D eigenvalue weighted by atomic mass is 9.96. The lowest BCUT2D eigenvalue weighted by molar-refractivity contribution is -0.138. The van der Waals surface area contributed by atoms with Gasteiger partial charge < -0.3 is 0 Å². The Bertz CT molecular complexity index is 717. The van der Waals surface area contributed by atoms with E-state index in [0.29, 0.717) is 24.8 Å². The molecule has 114 valence electrons.